The molecule has 0 N–H and O–H groups in total. The van der Waals surface area contributed by atoms with Crippen molar-refractivity contribution in [1.82, 2.24) is 4.57 Å². The Morgan fingerprint density at radius 1 is 1.31 bits per heavy atom. The van der Waals surface area contributed by atoms with Gasteiger partial charge in [-0.3, -0.25) is 4.79 Å². The monoisotopic (exact) mass is 213 g/mol. The molecule has 2 heteroatoms. The van der Waals surface area contributed by atoms with Gasteiger partial charge in [0.25, 0.3) is 5.56 Å². The van der Waals surface area contributed by atoms with Gasteiger partial charge in [-0.1, -0.05) is 24.3 Å². The standard InChI is InChI=1S/C14H15NO/c1-3-4-7-11-10-15(2)14(16)13-9-6-5-8-12(11)13/h3,5-6,8-10H,1,4,7H2,2H3. The maximum Gasteiger partial charge on any atom is 0.258 e. The van der Waals surface area contributed by atoms with Crippen molar-refractivity contribution in [2.45, 2.75) is 12.8 Å². The van der Waals surface area contributed by atoms with Crippen molar-refractivity contribution in [2.75, 3.05) is 0 Å². The minimum atomic E-state index is 0.0675. The van der Waals surface area contributed by atoms with E-state index in [2.05, 4.69) is 6.58 Å². The summed E-state index contributed by atoms with van der Waals surface area (Å²) in [4.78, 5) is 11.9. The minimum Gasteiger partial charge on any atom is -0.318 e. The SMILES string of the molecule is C=CCCc1cn(C)c(=O)c2ccccc12. The first-order valence-corrected chi connectivity index (χ1v) is 5.42. The fourth-order valence-electron chi connectivity index (χ4n) is 1.96. The summed E-state index contributed by atoms with van der Waals surface area (Å²) in [5.41, 5.74) is 1.27. The van der Waals surface area contributed by atoms with E-state index in [1.807, 2.05) is 36.5 Å². The first-order valence-electron chi connectivity index (χ1n) is 5.42. The maximum absolute atomic E-state index is 11.9. The zero-order valence-electron chi connectivity index (χ0n) is 9.44. The van der Waals surface area contributed by atoms with Gasteiger partial charge in [0.2, 0.25) is 0 Å². The van der Waals surface area contributed by atoms with E-state index in [1.54, 1.807) is 11.6 Å². The molecule has 0 atom stereocenters. The Morgan fingerprint density at radius 3 is 2.69 bits per heavy atom. The fourth-order valence-corrected chi connectivity index (χ4v) is 1.96. The molecule has 0 saturated heterocycles. The lowest BCUT2D eigenvalue weighted by molar-refractivity contribution is 0.849. The number of allylic oxidation sites excluding steroid dienone is 1. The van der Waals surface area contributed by atoms with Crippen molar-refractivity contribution in [3.05, 3.63) is 59.0 Å². The topological polar surface area (TPSA) is 22.0 Å². The zero-order chi connectivity index (χ0) is 11.5. The largest absolute Gasteiger partial charge is 0.318 e. The lowest BCUT2D eigenvalue weighted by Gasteiger charge is -2.07. The van der Waals surface area contributed by atoms with E-state index < -0.39 is 0 Å². The lowest BCUT2D eigenvalue weighted by atomic mass is 10.0. The van der Waals surface area contributed by atoms with Gasteiger partial charge in [-0.05, 0) is 29.9 Å². The van der Waals surface area contributed by atoms with Gasteiger partial charge < -0.3 is 4.57 Å². The lowest BCUT2D eigenvalue weighted by Crippen LogP contribution is -2.17. The molecule has 16 heavy (non-hydrogen) atoms. The van der Waals surface area contributed by atoms with Crippen LogP contribution in [0.15, 0.2) is 47.9 Å². The summed E-state index contributed by atoms with van der Waals surface area (Å²) in [6.07, 6.45) is 5.69. The number of aryl methyl sites for hydroxylation is 2. The van der Waals surface area contributed by atoms with Crippen LogP contribution in [0, 0.1) is 0 Å². The molecule has 82 valence electrons. The van der Waals surface area contributed by atoms with Crippen LogP contribution >= 0.6 is 0 Å². The van der Waals surface area contributed by atoms with Crippen molar-refractivity contribution < 1.29 is 0 Å². The summed E-state index contributed by atoms with van der Waals surface area (Å²) in [6.45, 7) is 3.73. The molecule has 0 radical (unpaired) electrons. The second kappa shape index (κ2) is 4.35. The summed E-state index contributed by atoms with van der Waals surface area (Å²) in [5, 5.41) is 1.86. The van der Waals surface area contributed by atoms with Crippen LogP contribution in [-0.4, -0.2) is 4.57 Å². The molecule has 2 aromatic rings. The summed E-state index contributed by atoms with van der Waals surface area (Å²) < 4.78 is 1.65. The van der Waals surface area contributed by atoms with E-state index in [0.29, 0.717) is 0 Å². The Labute approximate surface area is 94.8 Å². The normalized spacial score (nSPS) is 10.6. The molecule has 0 aliphatic rings. The fraction of sp³-hybridized carbons (Fsp3) is 0.214. The van der Waals surface area contributed by atoms with Gasteiger partial charge in [0.1, 0.15) is 0 Å². The molecule has 1 aromatic carbocycles. The highest BCUT2D eigenvalue weighted by Crippen LogP contribution is 2.16. The zero-order valence-corrected chi connectivity index (χ0v) is 9.44. The number of hydrogen-bond donors (Lipinski definition) is 0. The van der Waals surface area contributed by atoms with E-state index >= 15 is 0 Å². The molecular formula is C14H15NO. The Morgan fingerprint density at radius 2 is 2.00 bits per heavy atom. The molecule has 2 nitrogen and oxygen atoms in total. The van der Waals surface area contributed by atoms with Gasteiger partial charge in [0, 0.05) is 18.6 Å². The first kappa shape index (κ1) is 10.7. The highest BCUT2D eigenvalue weighted by Gasteiger charge is 2.05. The predicted octanol–water partition coefficient (Wildman–Crippen LogP) is 2.66. The molecule has 2 rings (SSSR count). The van der Waals surface area contributed by atoms with Crippen LogP contribution in [0.25, 0.3) is 10.8 Å². The van der Waals surface area contributed by atoms with Crippen LogP contribution in [-0.2, 0) is 13.5 Å². The molecule has 1 aromatic heterocycles. The van der Waals surface area contributed by atoms with Crippen molar-refractivity contribution >= 4 is 10.8 Å². The summed E-state index contributed by atoms with van der Waals surface area (Å²) in [7, 11) is 1.80. The predicted molar refractivity (Wildman–Crippen MR) is 67.7 cm³/mol. The molecule has 1 heterocycles. The van der Waals surface area contributed by atoms with Gasteiger partial charge in [-0.15, -0.1) is 6.58 Å². The third-order valence-corrected chi connectivity index (χ3v) is 2.79. The van der Waals surface area contributed by atoms with E-state index in [-0.39, 0.29) is 5.56 Å². The highest BCUT2D eigenvalue weighted by atomic mass is 16.1. The van der Waals surface area contributed by atoms with Crippen LogP contribution in [0.4, 0.5) is 0 Å². The Bertz CT molecular complexity index is 581. The first-order chi connectivity index (χ1) is 7.74. The summed E-state index contributed by atoms with van der Waals surface area (Å²) >= 11 is 0. The molecule has 0 amide bonds. The average molecular weight is 213 g/mol. The van der Waals surface area contributed by atoms with E-state index in [9.17, 15) is 4.79 Å². The quantitative estimate of drug-likeness (QED) is 0.718. The molecule has 0 aliphatic carbocycles. The maximum atomic E-state index is 11.9. The van der Waals surface area contributed by atoms with Gasteiger partial charge in [0.05, 0.1) is 0 Å². The number of nitrogens with zero attached hydrogens (tertiary/aromatic N) is 1. The van der Waals surface area contributed by atoms with Crippen LogP contribution in [0.5, 0.6) is 0 Å². The van der Waals surface area contributed by atoms with Crippen molar-refractivity contribution in [2.24, 2.45) is 7.05 Å². The molecule has 0 unspecified atom stereocenters. The van der Waals surface area contributed by atoms with Crippen molar-refractivity contribution in [1.29, 1.82) is 0 Å². The highest BCUT2D eigenvalue weighted by molar-refractivity contribution is 5.84. The Hall–Kier alpha value is -1.83. The van der Waals surface area contributed by atoms with Crippen LogP contribution in [0.1, 0.15) is 12.0 Å². The van der Waals surface area contributed by atoms with Crippen LogP contribution in [0.3, 0.4) is 0 Å². The molecule has 0 spiro atoms. The number of aromatic nitrogens is 1. The van der Waals surface area contributed by atoms with E-state index in [1.165, 1.54) is 5.56 Å². The third-order valence-electron chi connectivity index (χ3n) is 2.79. The summed E-state index contributed by atoms with van der Waals surface area (Å²) in [5.74, 6) is 0. The van der Waals surface area contributed by atoms with Gasteiger partial charge in [0.15, 0.2) is 0 Å². The smallest absolute Gasteiger partial charge is 0.258 e. The van der Waals surface area contributed by atoms with Crippen molar-refractivity contribution in [3.8, 4) is 0 Å². The molecular weight excluding hydrogens is 198 g/mol. The van der Waals surface area contributed by atoms with Gasteiger partial charge in [-0.25, -0.2) is 0 Å². The minimum absolute atomic E-state index is 0.0675. The number of fused-ring (bicyclic) bond motifs is 1. The van der Waals surface area contributed by atoms with E-state index in [4.69, 9.17) is 0 Å². The van der Waals surface area contributed by atoms with Crippen LogP contribution in [0.2, 0.25) is 0 Å². The summed E-state index contributed by atoms with van der Waals surface area (Å²) in [6, 6.07) is 7.77. The number of benzene rings is 1. The molecule has 0 fully saturated rings. The number of pyridine rings is 1. The Balaban J connectivity index is 2.69. The van der Waals surface area contributed by atoms with Gasteiger partial charge >= 0.3 is 0 Å². The number of rotatable bonds is 3. The third kappa shape index (κ3) is 1.78. The number of hydrogen-bond acceptors (Lipinski definition) is 1. The van der Waals surface area contributed by atoms with Crippen LogP contribution < -0.4 is 5.56 Å². The van der Waals surface area contributed by atoms with Crippen molar-refractivity contribution in [3.63, 3.8) is 0 Å². The molecule has 0 aliphatic heterocycles. The average Bonchev–Trinajstić information content (AvgIpc) is 2.32. The Kier molecular flexibility index (Phi) is 2.91. The second-order valence-electron chi connectivity index (χ2n) is 3.94. The molecule has 0 saturated carbocycles. The van der Waals surface area contributed by atoms with Gasteiger partial charge in [-0.2, -0.15) is 0 Å². The van der Waals surface area contributed by atoms with E-state index in [0.717, 1.165) is 23.6 Å². The second-order valence-corrected chi connectivity index (χ2v) is 3.94. The molecule has 0 bridgehead atoms.